The third-order valence-corrected chi connectivity index (χ3v) is 3.58. The molecule has 0 heterocycles. The fraction of sp³-hybridized carbons (Fsp3) is 0.538. The van der Waals surface area contributed by atoms with E-state index in [1.807, 2.05) is 0 Å². The predicted octanol–water partition coefficient (Wildman–Crippen LogP) is 4.11. The van der Waals surface area contributed by atoms with Crippen molar-refractivity contribution < 1.29 is 13.2 Å². The van der Waals surface area contributed by atoms with Crippen molar-refractivity contribution in [2.45, 2.75) is 38.1 Å². The highest BCUT2D eigenvalue weighted by Gasteiger charge is 2.26. The standard InChI is InChI=1S/C13H16F3N.ClH/c14-10-7-6-9(11(15)12(10)16)13(17)8-4-2-1-3-5-8;/h6-8,13H,1-5,17H2;1H/t13-;/m0./s1. The Kier molecular flexibility index (Phi) is 5.47. The molecule has 1 aromatic carbocycles. The molecule has 2 rings (SSSR count). The van der Waals surface area contributed by atoms with Crippen LogP contribution in [0, 0.1) is 23.4 Å². The topological polar surface area (TPSA) is 26.0 Å². The lowest BCUT2D eigenvalue weighted by molar-refractivity contribution is 0.300. The quantitative estimate of drug-likeness (QED) is 0.810. The van der Waals surface area contributed by atoms with Gasteiger partial charge in [-0.1, -0.05) is 25.3 Å². The second-order valence-corrected chi connectivity index (χ2v) is 4.69. The van der Waals surface area contributed by atoms with Gasteiger partial charge < -0.3 is 5.73 Å². The van der Waals surface area contributed by atoms with E-state index in [-0.39, 0.29) is 23.9 Å². The normalized spacial score (nSPS) is 18.2. The molecule has 1 aliphatic carbocycles. The summed E-state index contributed by atoms with van der Waals surface area (Å²) in [6.45, 7) is 0. The Hall–Kier alpha value is -0.740. The van der Waals surface area contributed by atoms with E-state index in [1.165, 1.54) is 12.5 Å². The Morgan fingerprint density at radius 1 is 1.00 bits per heavy atom. The summed E-state index contributed by atoms with van der Waals surface area (Å²) in [7, 11) is 0. The first-order chi connectivity index (χ1) is 8.11. The van der Waals surface area contributed by atoms with Gasteiger partial charge in [-0.2, -0.15) is 0 Å². The van der Waals surface area contributed by atoms with Crippen LogP contribution in [0.1, 0.15) is 43.7 Å². The molecule has 102 valence electrons. The molecule has 1 nitrogen and oxygen atoms in total. The van der Waals surface area contributed by atoms with Crippen LogP contribution in [0.3, 0.4) is 0 Å². The molecule has 1 aromatic rings. The molecule has 1 fully saturated rings. The van der Waals surface area contributed by atoms with Crippen LogP contribution in [0.5, 0.6) is 0 Å². The average Bonchev–Trinajstić information content (AvgIpc) is 2.36. The molecule has 0 amide bonds. The van der Waals surface area contributed by atoms with Crippen molar-refractivity contribution in [3.63, 3.8) is 0 Å². The molecule has 0 aliphatic heterocycles. The summed E-state index contributed by atoms with van der Waals surface area (Å²) < 4.78 is 39.5. The second kappa shape index (κ2) is 6.43. The zero-order valence-electron chi connectivity index (χ0n) is 9.96. The number of hydrogen-bond acceptors (Lipinski definition) is 1. The maximum atomic E-state index is 13.6. The molecule has 0 unspecified atom stereocenters. The van der Waals surface area contributed by atoms with Crippen molar-refractivity contribution in [1.29, 1.82) is 0 Å². The van der Waals surface area contributed by atoms with Gasteiger partial charge in [0.1, 0.15) is 0 Å². The number of hydrogen-bond donors (Lipinski definition) is 1. The summed E-state index contributed by atoms with van der Waals surface area (Å²) in [5.41, 5.74) is 6.05. The Morgan fingerprint density at radius 3 is 2.22 bits per heavy atom. The van der Waals surface area contributed by atoms with Crippen molar-refractivity contribution in [2.24, 2.45) is 11.7 Å². The number of nitrogens with two attached hydrogens (primary N) is 1. The van der Waals surface area contributed by atoms with Crippen LogP contribution >= 0.6 is 12.4 Å². The van der Waals surface area contributed by atoms with Gasteiger partial charge in [0.2, 0.25) is 0 Å². The van der Waals surface area contributed by atoms with E-state index in [0.717, 1.165) is 31.7 Å². The van der Waals surface area contributed by atoms with Crippen LogP contribution in [0.15, 0.2) is 12.1 Å². The highest BCUT2D eigenvalue weighted by molar-refractivity contribution is 5.85. The fourth-order valence-electron chi connectivity index (χ4n) is 2.55. The van der Waals surface area contributed by atoms with Crippen molar-refractivity contribution in [3.05, 3.63) is 35.1 Å². The monoisotopic (exact) mass is 279 g/mol. The van der Waals surface area contributed by atoms with Gasteiger partial charge in [-0.05, 0) is 24.8 Å². The highest BCUT2D eigenvalue weighted by Crippen LogP contribution is 2.34. The first-order valence-corrected chi connectivity index (χ1v) is 6.00. The summed E-state index contributed by atoms with van der Waals surface area (Å²) in [5, 5.41) is 0. The summed E-state index contributed by atoms with van der Waals surface area (Å²) in [6.07, 6.45) is 5.18. The summed E-state index contributed by atoms with van der Waals surface area (Å²) in [6, 6.07) is 1.66. The fourth-order valence-corrected chi connectivity index (χ4v) is 2.55. The van der Waals surface area contributed by atoms with Gasteiger partial charge in [-0.15, -0.1) is 12.4 Å². The van der Waals surface area contributed by atoms with Crippen LogP contribution in [0.25, 0.3) is 0 Å². The molecular formula is C13H17ClF3N. The summed E-state index contributed by atoms with van der Waals surface area (Å²) in [5.74, 6) is -3.55. The zero-order chi connectivity index (χ0) is 12.4. The van der Waals surface area contributed by atoms with E-state index in [0.29, 0.717) is 0 Å². The van der Waals surface area contributed by atoms with E-state index >= 15 is 0 Å². The smallest absolute Gasteiger partial charge is 0.194 e. The van der Waals surface area contributed by atoms with Crippen LogP contribution in [-0.4, -0.2) is 0 Å². The van der Waals surface area contributed by atoms with Crippen LogP contribution in [-0.2, 0) is 0 Å². The largest absolute Gasteiger partial charge is 0.324 e. The van der Waals surface area contributed by atoms with Gasteiger partial charge in [0.15, 0.2) is 17.5 Å². The molecule has 1 saturated carbocycles. The Bertz CT molecular complexity index is 405. The zero-order valence-corrected chi connectivity index (χ0v) is 10.8. The summed E-state index contributed by atoms with van der Waals surface area (Å²) in [4.78, 5) is 0. The van der Waals surface area contributed by atoms with Crippen molar-refractivity contribution in [2.75, 3.05) is 0 Å². The predicted molar refractivity (Wildman–Crippen MR) is 67.1 cm³/mol. The minimum absolute atomic E-state index is 0. The van der Waals surface area contributed by atoms with Gasteiger partial charge in [0, 0.05) is 11.6 Å². The molecule has 1 atom stereocenters. The maximum absolute atomic E-state index is 13.6. The third-order valence-electron chi connectivity index (χ3n) is 3.58. The number of halogens is 4. The molecular weight excluding hydrogens is 263 g/mol. The first-order valence-electron chi connectivity index (χ1n) is 6.00. The van der Waals surface area contributed by atoms with E-state index < -0.39 is 23.5 Å². The molecule has 5 heteroatoms. The van der Waals surface area contributed by atoms with Crippen LogP contribution < -0.4 is 5.73 Å². The minimum Gasteiger partial charge on any atom is -0.324 e. The van der Waals surface area contributed by atoms with Crippen LogP contribution in [0.2, 0.25) is 0 Å². The lowest BCUT2D eigenvalue weighted by atomic mass is 9.81. The van der Waals surface area contributed by atoms with Crippen molar-refractivity contribution in [3.8, 4) is 0 Å². The van der Waals surface area contributed by atoms with E-state index in [2.05, 4.69) is 0 Å². The second-order valence-electron chi connectivity index (χ2n) is 4.69. The van der Waals surface area contributed by atoms with Gasteiger partial charge in [-0.25, -0.2) is 13.2 Å². The molecule has 18 heavy (non-hydrogen) atoms. The molecule has 0 saturated heterocycles. The van der Waals surface area contributed by atoms with Crippen molar-refractivity contribution >= 4 is 12.4 Å². The average molecular weight is 280 g/mol. The molecule has 0 aromatic heterocycles. The maximum Gasteiger partial charge on any atom is 0.194 e. The molecule has 0 radical (unpaired) electrons. The van der Waals surface area contributed by atoms with Crippen LogP contribution in [0.4, 0.5) is 13.2 Å². The van der Waals surface area contributed by atoms with Gasteiger partial charge in [-0.3, -0.25) is 0 Å². The lowest BCUT2D eigenvalue weighted by Crippen LogP contribution is -2.25. The Labute approximate surface area is 111 Å². The van der Waals surface area contributed by atoms with Crippen molar-refractivity contribution in [1.82, 2.24) is 0 Å². The van der Waals surface area contributed by atoms with E-state index in [9.17, 15) is 13.2 Å². The van der Waals surface area contributed by atoms with Gasteiger partial charge >= 0.3 is 0 Å². The molecule has 1 aliphatic rings. The molecule has 2 N–H and O–H groups in total. The number of rotatable bonds is 2. The third kappa shape index (κ3) is 2.98. The highest BCUT2D eigenvalue weighted by atomic mass is 35.5. The lowest BCUT2D eigenvalue weighted by Gasteiger charge is -2.28. The summed E-state index contributed by atoms with van der Waals surface area (Å²) >= 11 is 0. The minimum atomic E-state index is -1.42. The van der Waals surface area contributed by atoms with Gasteiger partial charge in [0.25, 0.3) is 0 Å². The van der Waals surface area contributed by atoms with E-state index in [1.54, 1.807) is 0 Å². The first kappa shape index (κ1) is 15.3. The molecule has 0 spiro atoms. The molecule has 0 bridgehead atoms. The Morgan fingerprint density at radius 2 is 1.61 bits per heavy atom. The van der Waals surface area contributed by atoms with Gasteiger partial charge in [0.05, 0.1) is 0 Å². The van der Waals surface area contributed by atoms with E-state index in [4.69, 9.17) is 5.73 Å². The number of benzene rings is 1. The Balaban J connectivity index is 0.00000162. The SMILES string of the molecule is Cl.N[C@H](c1ccc(F)c(F)c1F)C1CCCCC1.